The Hall–Kier alpha value is -1.91. The van der Waals surface area contributed by atoms with Crippen LogP contribution in [0, 0.1) is 0 Å². The van der Waals surface area contributed by atoms with Crippen LogP contribution in [0.25, 0.3) is 0 Å². The highest BCUT2D eigenvalue weighted by Crippen LogP contribution is 2.42. The zero-order chi connectivity index (χ0) is 12.8. The molecule has 1 aromatic rings. The smallest absolute Gasteiger partial charge is 0.407 e. The topological polar surface area (TPSA) is 70.5 Å². The Balaban J connectivity index is 1.93. The first-order valence-electron chi connectivity index (χ1n) is 6.09. The van der Waals surface area contributed by atoms with Crippen molar-refractivity contribution in [2.45, 2.75) is 24.7 Å². The van der Waals surface area contributed by atoms with Gasteiger partial charge in [-0.2, -0.15) is 0 Å². The fourth-order valence-electron chi connectivity index (χ4n) is 3.08. The number of rotatable bonds is 0. The van der Waals surface area contributed by atoms with Gasteiger partial charge in [-0.1, -0.05) is 6.07 Å². The molecule has 2 heterocycles. The van der Waals surface area contributed by atoms with E-state index in [2.05, 4.69) is 4.98 Å². The summed E-state index contributed by atoms with van der Waals surface area (Å²) in [7, 11) is 0. The molecular formula is C13H14N2O3. The number of nitrogens with zero attached hydrogens (tertiary/aromatic N) is 2. The summed E-state index contributed by atoms with van der Waals surface area (Å²) >= 11 is 0. The molecule has 1 amide bonds. The van der Waals surface area contributed by atoms with Gasteiger partial charge in [0.25, 0.3) is 0 Å². The summed E-state index contributed by atoms with van der Waals surface area (Å²) in [5.41, 5.74) is 1.36. The molecule has 1 fully saturated rings. The van der Waals surface area contributed by atoms with Crippen LogP contribution in [-0.4, -0.2) is 40.0 Å². The number of hydrogen-bond donors (Lipinski definition) is 1. The van der Waals surface area contributed by atoms with Gasteiger partial charge in [-0.3, -0.25) is 9.78 Å². The number of piperidine rings is 1. The maximum Gasteiger partial charge on any atom is 0.407 e. The lowest BCUT2D eigenvalue weighted by atomic mass is 9.75. The SMILES string of the molecule is O=C(O)N1CCC2(CC1)C(=O)Cc1cccnc12. The van der Waals surface area contributed by atoms with E-state index in [1.807, 2.05) is 12.1 Å². The Morgan fingerprint density at radius 2 is 2.11 bits per heavy atom. The molecule has 1 aliphatic heterocycles. The zero-order valence-electron chi connectivity index (χ0n) is 9.93. The summed E-state index contributed by atoms with van der Waals surface area (Å²) in [5, 5.41) is 8.96. The Bertz CT molecular complexity index is 519. The highest BCUT2D eigenvalue weighted by molar-refractivity contribution is 5.96. The van der Waals surface area contributed by atoms with Crippen LogP contribution in [0.2, 0.25) is 0 Å². The Labute approximate surface area is 104 Å². The summed E-state index contributed by atoms with van der Waals surface area (Å²) in [6.07, 6.45) is 2.36. The number of ketones is 1. The van der Waals surface area contributed by atoms with Gasteiger partial charge in [0.15, 0.2) is 0 Å². The fourth-order valence-corrected chi connectivity index (χ4v) is 3.08. The fraction of sp³-hybridized carbons (Fsp3) is 0.462. The van der Waals surface area contributed by atoms with Crippen molar-refractivity contribution in [2.75, 3.05) is 13.1 Å². The van der Waals surface area contributed by atoms with E-state index in [0.717, 1.165) is 11.3 Å². The highest BCUT2D eigenvalue weighted by atomic mass is 16.4. The van der Waals surface area contributed by atoms with Crippen molar-refractivity contribution in [2.24, 2.45) is 0 Å². The van der Waals surface area contributed by atoms with Gasteiger partial charge < -0.3 is 10.0 Å². The van der Waals surface area contributed by atoms with Gasteiger partial charge in [0, 0.05) is 25.7 Å². The third-order valence-corrected chi connectivity index (χ3v) is 4.12. The van der Waals surface area contributed by atoms with Crippen molar-refractivity contribution >= 4 is 11.9 Å². The maximum absolute atomic E-state index is 12.3. The van der Waals surface area contributed by atoms with Crippen LogP contribution in [0.3, 0.4) is 0 Å². The van der Waals surface area contributed by atoms with Gasteiger partial charge in [-0.25, -0.2) is 4.79 Å². The number of likely N-dealkylation sites (tertiary alicyclic amines) is 1. The molecule has 5 heteroatoms. The largest absolute Gasteiger partial charge is 0.465 e. The van der Waals surface area contributed by atoms with Crippen molar-refractivity contribution in [3.8, 4) is 0 Å². The number of carbonyl (C=O) groups excluding carboxylic acids is 1. The minimum Gasteiger partial charge on any atom is -0.465 e. The summed E-state index contributed by atoms with van der Waals surface area (Å²) in [4.78, 5) is 28.9. The van der Waals surface area contributed by atoms with Crippen molar-refractivity contribution in [1.29, 1.82) is 0 Å². The number of carboxylic acid groups (broad SMARTS) is 1. The molecule has 1 aliphatic carbocycles. The van der Waals surface area contributed by atoms with Crippen LogP contribution >= 0.6 is 0 Å². The number of fused-ring (bicyclic) bond motifs is 2. The Morgan fingerprint density at radius 1 is 1.39 bits per heavy atom. The third-order valence-electron chi connectivity index (χ3n) is 4.12. The standard InChI is InChI=1S/C13H14N2O3/c16-10-8-9-2-1-5-14-11(9)13(10)3-6-15(7-4-13)12(17)18/h1-2,5H,3-4,6-8H2,(H,17,18). The second-order valence-corrected chi connectivity index (χ2v) is 4.96. The van der Waals surface area contributed by atoms with E-state index in [1.54, 1.807) is 6.20 Å². The van der Waals surface area contributed by atoms with Gasteiger partial charge in [0.2, 0.25) is 0 Å². The lowest BCUT2D eigenvalue weighted by Gasteiger charge is -2.36. The molecule has 2 aliphatic rings. The number of amides is 1. The monoisotopic (exact) mass is 246 g/mol. The number of aromatic nitrogens is 1. The van der Waals surface area contributed by atoms with Crippen LogP contribution in [-0.2, 0) is 16.6 Å². The van der Waals surface area contributed by atoms with E-state index in [4.69, 9.17) is 5.11 Å². The first-order valence-corrected chi connectivity index (χ1v) is 6.09. The van der Waals surface area contributed by atoms with Crippen molar-refractivity contribution < 1.29 is 14.7 Å². The Morgan fingerprint density at radius 3 is 2.78 bits per heavy atom. The summed E-state index contributed by atoms with van der Waals surface area (Å²) < 4.78 is 0. The van der Waals surface area contributed by atoms with E-state index in [9.17, 15) is 9.59 Å². The van der Waals surface area contributed by atoms with E-state index in [-0.39, 0.29) is 5.78 Å². The van der Waals surface area contributed by atoms with Crippen LogP contribution in [0.4, 0.5) is 4.79 Å². The minimum atomic E-state index is -0.906. The van der Waals surface area contributed by atoms with E-state index < -0.39 is 11.5 Å². The van der Waals surface area contributed by atoms with E-state index in [1.165, 1.54) is 4.90 Å². The second-order valence-electron chi connectivity index (χ2n) is 4.96. The van der Waals surface area contributed by atoms with Crippen molar-refractivity contribution in [3.05, 3.63) is 29.6 Å². The highest BCUT2D eigenvalue weighted by Gasteiger charge is 2.49. The molecule has 1 spiro atoms. The summed E-state index contributed by atoms with van der Waals surface area (Å²) in [6.45, 7) is 0.828. The molecule has 5 nitrogen and oxygen atoms in total. The lowest BCUT2D eigenvalue weighted by molar-refractivity contribution is -0.124. The normalized spacial score (nSPS) is 21.1. The van der Waals surface area contributed by atoms with E-state index in [0.29, 0.717) is 32.4 Å². The van der Waals surface area contributed by atoms with Gasteiger partial charge in [0.1, 0.15) is 5.78 Å². The van der Waals surface area contributed by atoms with Gasteiger partial charge in [0.05, 0.1) is 11.1 Å². The molecule has 0 aromatic carbocycles. The molecule has 0 atom stereocenters. The average molecular weight is 246 g/mol. The molecule has 18 heavy (non-hydrogen) atoms. The Kier molecular flexibility index (Phi) is 2.36. The number of hydrogen-bond acceptors (Lipinski definition) is 3. The quantitative estimate of drug-likeness (QED) is 0.747. The number of pyridine rings is 1. The molecule has 0 radical (unpaired) electrons. The van der Waals surface area contributed by atoms with Crippen LogP contribution < -0.4 is 0 Å². The van der Waals surface area contributed by atoms with Gasteiger partial charge >= 0.3 is 6.09 Å². The van der Waals surface area contributed by atoms with Crippen LogP contribution in [0.5, 0.6) is 0 Å². The van der Waals surface area contributed by atoms with Gasteiger partial charge in [-0.15, -0.1) is 0 Å². The van der Waals surface area contributed by atoms with Crippen LogP contribution in [0.1, 0.15) is 24.1 Å². The van der Waals surface area contributed by atoms with E-state index >= 15 is 0 Å². The van der Waals surface area contributed by atoms with Crippen molar-refractivity contribution in [3.63, 3.8) is 0 Å². The van der Waals surface area contributed by atoms with Crippen LogP contribution in [0.15, 0.2) is 18.3 Å². The molecule has 1 aromatic heterocycles. The second kappa shape index (κ2) is 3.80. The molecule has 1 saturated heterocycles. The molecule has 1 N–H and O–H groups in total. The molecule has 94 valence electrons. The predicted octanol–water partition coefficient (Wildman–Crippen LogP) is 1.22. The van der Waals surface area contributed by atoms with Gasteiger partial charge in [-0.05, 0) is 24.5 Å². The first-order chi connectivity index (χ1) is 8.63. The zero-order valence-corrected chi connectivity index (χ0v) is 9.93. The van der Waals surface area contributed by atoms with Crippen molar-refractivity contribution in [1.82, 2.24) is 9.88 Å². The summed E-state index contributed by atoms with van der Waals surface area (Å²) in [5.74, 6) is 0.196. The number of carbonyl (C=O) groups is 2. The predicted molar refractivity (Wildman–Crippen MR) is 63.5 cm³/mol. The third kappa shape index (κ3) is 1.43. The maximum atomic E-state index is 12.3. The summed E-state index contributed by atoms with van der Waals surface area (Å²) in [6, 6.07) is 3.79. The average Bonchev–Trinajstić information content (AvgIpc) is 2.64. The molecular weight excluding hydrogens is 232 g/mol. The molecule has 0 unspecified atom stereocenters. The first kappa shape index (κ1) is 11.2. The molecule has 0 bridgehead atoms. The molecule has 0 saturated carbocycles. The number of Topliss-reactive ketones (excluding diaryl/α,β-unsaturated/α-hetero) is 1. The lowest BCUT2D eigenvalue weighted by Crippen LogP contribution is -2.47. The minimum absolute atomic E-state index is 0.196. The molecule has 3 rings (SSSR count).